The molecule has 0 radical (unpaired) electrons. The van der Waals surface area contributed by atoms with Gasteiger partial charge in [0, 0.05) is 17.8 Å². The molecule has 0 atom stereocenters. The second-order valence-electron chi connectivity index (χ2n) is 4.89. The molecule has 0 unspecified atom stereocenters. The molecule has 21 heavy (non-hydrogen) atoms. The molecule has 2 aromatic rings. The summed E-state index contributed by atoms with van der Waals surface area (Å²) in [6.07, 6.45) is 2.43. The number of aromatic nitrogens is 5. The summed E-state index contributed by atoms with van der Waals surface area (Å²) >= 11 is 0. The highest BCUT2D eigenvalue weighted by Gasteiger charge is 2.36. The number of carboxylic acid groups (broad SMARTS) is 1. The SMILES string of the molecule is CCC(CC)(Cn1nnnc1-c1cc[nH]c(=O)c1)C(=O)O. The highest BCUT2D eigenvalue weighted by atomic mass is 16.4. The Balaban J connectivity index is 2.41. The number of hydrogen-bond donors (Lipinski definition) is 2. The smallest absolute Gasteiger partial charge is 0.311 e. The lowest BCUT2D eigenvalue weighted by Gasteiger charge is -2.26. The lowest BCUT2D eigenvalue weighted by Crippen LogP contribution is -2.35. The summed E-state index contributed by atoms with van der Waals surface area (Å²) < 4.78 is 1.44. The number of tetrazole rings is 1. The molecular weight excluding hydrogens is 274 g/mol. The Hall–Kier alpha value is -2.51. The maximum Gasteiger partial charge on any atom is 0.311 e. The van der Waals surface area contributed by atoms with Gasteiger partial charge in [0.15, 0.2) is 5.82 Å². The molecular formula is C13H17N5O3. The minimum absolute atomic E-state index is 0.157. The Bertz CT molecular complexity index is 687. The van der Waals surface area contributed by atoms with E-state index in [-0.39, 0.29) is 12.1 Å². The fourth-order valence-corrected chi connectivity index (χ4v) is 2.23. The summed E-state index contributed by atoms with van der Waals surface area (Å²) in [5.41, 5.74) is -0.640. The summed E-state index contributed by atoms with van der Waals surface area (Å²) in [7, 11) is 0. The van der Waals surface area contributed by atoms with Crippen LogP contribution in [-0.4, -0.2) is 36.3 Å². The molecule has 0 amide bonds. The molecule has 0 aromatic carbocycles. The van der Waals surface area contributed by atoms with Crippen molar-refractivity contribution < 1.29 is 9.90 Å². The average molecular weight is 291 g/mol. The number of aliphatic carboxylic acids is 1. The number of hydrogen-bond acceptors (Lipinski definition) is 5. The van der Waals surface area contributed by atoms with Crippen LogP contribution in [0.3, 0.4) is 0 Å². The van der Waals surface area contributed by atoms with E-state index < -0.39 is 11.4 Å². The molecule has 112 valence electrons. The molecule has 8 nitrogen and oxygen atoms in total. The summed E-state index contributed by atoms with van der Waals surface area (Å²) in [6, 6.07) is 3.05. The molecule has 2 aromatic heterocycles. The van der Waals surface area contributed by atoms with Crippen LogP contribution in [0.5, 0.6) is 0 Å². The Morgan fingerprint density at radius 2 is 2.14 bits per heavy atom. The van der Waals surface area contributed by atoms with E-state index in [0.717, 1.165) is 0 Å². The third-order valence-corrected chi connectivity index (χ3v) is 3.82. The second-order valence-corrected chi connectivity index (χ2v) is 4.89. The van der Waals surface area contributed by atoms with E-state index in [9.17, 15) is 14.7 Å². The first-order valence-electron chi connectivity index (χ1n) is 6.71. The predicted octanol–water partition coefficient (Wildman–Crippen LogP) is 0.919. The van der Waals surface area contributed by atoms with Crippen molar-refractivity contribution in [2.45, 2.75) is 33.2 Å². The van der Waals surface area contributed by atoms with Crippen LogP contribution in [0.2, 0.25) is 0 Å². The first-order valence-corrected chi connectivity index (χ1v) is 6.71. The highest BCUT2D eigenvalue weighted by Crippen LogP contribution is 2.30. The van der Waals surface area contributed by atoms with E-state index in [1.165, 1.54) is 16.9 Å². The summed E-state index contributed by atoms with van der Waals surface area (Å²) in [5, 5.41) is 20.9. The number of carbonyl (C=O) groups is 1. The van der Waals surface area contributed by atoms with Gasteiger partial charge in [-0.3, -0.25) is 9.59 Å². The first kappa shape index (κ1) is 14.9. The van der Waals surface area contributed by atoms with Gasteiger partial charge in [0.2, 0.25) is 5.56 Å². The van der Waals surface area contributed by atoms with Crippen LogP contribution in [0, 0.1) is 5.41 Å². The maximum absolute atomic E-state index is 11.6. The topological polar surface area (TPSA) is 114 Å². The third kappa shape index (κ3) is 2.83. The minimum Gasteiger partial charge on any atom is -0.481 e. The van der Waals surface area contributed by atoms with Crippen molar-refractivity contribution in [3.8, 4) is 11.4 Å². The lowest BCUT2D eigenvalue weighted by atomic mass is 9.82. The number of nitrogens with zero attached hydrogens (tertiary/aromatic N) is 4. The quantitative estimate of drug-likeness (QED) is 0.818. The summed E-state index contributed by atoms with van der Waals surface area (Å²) in [6.45, 7) is 3.81. The Morgan fingerprint density at radius 3 is 2.71 bits per heavy atom. The molecule has 0 bridgehead atoms. The number of nitrogens with one attached hydrogen (secondary N) is 1. The Labute approximate surface area is 120 Å². The maximum atomic E-state index is 11.6. The monoisotopic (exact) mass is 291 g/mol. The van der Waals surface area contributed by atoms with Gasteiger partial charge in [-0.05, 0) is 29.3 Å². The van der Waals surface area contributed by atoms with Crippen LogP contribution in [0.1, 0.15) is 26.7 Å². The Kier molecular flexibility index (Phi) is 4.15. The predicted molar refractivity (Wildman–Crippen MR) is 74.5 cm³/mol. The third-order valence-electron chi connectivity index (χ3n) is 3.82. The summed E-state index contributed by atoms with van der Waals surface area (Å²) in [4.78, 5) is 25.5. The molecule has 0 aliphatic rings. The van der Waals surface area contributed by atoms with E-state index in [4.69, 9.17) is 0 Å². The first-order chi connectivity index (χ1) is 10.0. The van der Waals surface area contributed by atoms with Crippen LogP contribution < -0.4 is 5.56 Å². The van der Waals surface area contributed by atoms with E-state index in [0.29, 0.717) is 24.2 Å². The molecule has 0 spiro atoms. The molecule has 2 N–H and O–H groups in total. The standard InChI is InChI=1S/C13H17N5O3/c1-3-13(4-2,12(20)21)8-18-11(15-16-17-18)9-5-6-14-10(19)7-9/h5-7H,3-4,8H2,1-2H3,(H,14,19)(H,20,21). The zero-order chi connectivity index (χ0) is 15.5. The largest absolute Gasteiger partial charge is 0.481 e. The van der Waals surface area contributed by atoms with Gasteiger partial charge < -0.3 is 10.1 Å². The molecule has 2 rings (SSSR count). The van der Waals surface area contributed by atoms with Crippen molar-refractivity contribution in [3.05, 3.63) is 28.7 Å². The number of pyridine rings is 1. The van der Waals surface area contributed by atoms with Crippen LogP contribution in [0.15, 0.2) is 23.1 Å². The fourth-order valence-electron chi connectivity index (χ4n) is 2.23. The van der Waals surface area contributed by atoms with Crippen LogP contribution >= 0.6 is 0 Å². The van der Waals surface area contributed by atoms with E-state index >= 15 is 0 Å². The van der Waals surface area contributed by atoms with Crippen LogP contribution in [-0.2, 0) is 11.3 Å². The van der Waals surface area contributed by atoms with Gasteiger partial charge in [-0.15, -0.1) is 5.10 Å². The van der Waals surface area contributed by atoms with E-state index in [1.54, 1.807) is 6.07 Å². The van der Waals surface area contributed by atoms with Crippen LogP contribution in [0.4, 0.5) is 0 Å². The minimum atomic E-state index is -0.925. The zero-order valence-corrected chi connectivity index (χ0v) is 11.9. The zero-order valence-electron chi connectivity index (χ0n) is 11.9. The van der Waals surface area contributed by atoms with Crippen molar-refractivity contribution in [2.75, 3.05) is 0 Å². The van der Waals surface area contributed by atoms with E-state index in [1.807, 2.05) is 13.8 Å². The second kappa shape index (κ2) is 5.86. The lowest BCUT2D eigenvalue weighted by molar-refractivity contribution is -0.150. The van der Waals surface area contributed by atoms with Crippen molar-refractivity contribution >= 4 is 5.97 Å². The molecule has 0 aliphatic carbocycles. The van der Waals surface area contributed by atoms with Crippen molar-refractivity contribution in [1.82, 2.24) is 25.2 Å². The van der Waals surface area contributed by atoms with Crippen LogP contribution in [0.25, 0.3) is 11.4 Å². The van der Waals surface area contributed by atoms with E-state index in [2.05, 4.69) is 20.5 Å². The van der Waals surface area contributed by atoms with Gasteiger partial charge in [-0.2, -0.15) is 0 Å². The molecule has 0 aliphatic heterocycles. The number of H-pyrrole nitrogens is 1. The number of aromatic amines is 1. The molecule has 0 saturated heterocycles. The number of carboxylic acids is 1. The van der Waals surface area contributed by atoms with Gasteiger partial charge in [0.1, 0.15) is 0 Å². The van der Waals surface area contributed by atoms with Gasteiger partial charge in [0.25, 0.3) is 0 Å². The highest BCUT2D eigenvalue weighted by molar-refractivity contribution is 5.74. The normalized spacial score (nSPS) is 11.5. The van der Waals surface area contributed by atoms with Gasteiger partial charge in [0.05, 0.1) is 12.0 Å². The molecule has 0 fully saturated rings. The average Bonchev–Trinajstić information content (AvgIpc) is 2.92. The Morgan fingerprint density at radius 1 is 1.43 bits per heavy atom. The van der Waals surface area contributed by atoms with Crippen molar-refractivity contribution in [1.29, 1.82) is 0 Å². The van der Waals surface area contributed by atoms with Gasteiger partial charge >= 0.3 is 5.97 Å². The molecule has 2 heterocycles. The molecule has 0 saturated carbocycles. The van der Waals surface area contributed by atoms with Crippen molar-refractivity contribution in [2.24, 2.45) is 5.41 Å². The number of rotatable bonds is 6. The van der Waals surface area contributed by atoms with Gasteiger partial charge in [-0.1, -0.05) is 13.8 Å². The van der Waals surface area contributed by atoms with Gasteiger partial charge in [-0.25, -0.2) is 4.68 Å². The van der Waals surface area contributed by atoms with Crippen molar-refractivity contribution in [3.63, 3.8) is 0 Å². The fraction of sp³-hybridized carbons (Fsp3) is 0.462. The summed E-state index contributed by atoms with van der Waals surface area (Å²) in [5.74, 6) is -0.492. The molecule has 8 heteroatoms.